The van der Waals surface area contributed by atoms with Crippen LogP contribution in [0.25, 0.3) is 0 Å². The smallest absolute Gasteiger partial charge is 0.353 e. The van der Waals surface area contributed by atoms with Gasteiger partial charge in [-0.25, -0.2) is 9.18 Å². The first-order chi connectivity index (χ1) is 14.7. The van der Waals surface area contributed by atoms with Gasteiger partial charge in [0.25, 0.3) is 0 Å². The van der Waals surface area contributed by atoms with Gasteiger partial charge in [0.15, 0.2) is 11.6 Å². The van der Waals surface area contributed by atoms with Gasteiger partial charge < -0.3 is 15.8 Å². The van der Waals surface area contributed by atoms with Crippen molar-refractivity contribution in [3.63, 3.8) is 0 Å². The molecule has 0 aliphatic carbocycles. The van der Waals surface area contributed by atoms with Crippen molar-refractivity contribution in [1.29, 1.82) is 5.41 Å². The van der Waals surface area contributed by atoms with Crippen LogP contribution in [0.2, 0.25) is 0 Å². The first-order valence-electron chi connectivity index (χ1n) is 9.31. The molecule has 162 valence electrons. The Hall–Kier alpha value is -3.47. The Balaban J connectivity index is 1.60. The molecule has 1 aromatic carbocycles. The van der Waals surface area contributed by atoms with Crippen molar-refractivity contribution in [2.45, 2.75) is 20.3 Å². The standard InChI is InChI=1S/C20H21FN6O3S/c1-20(2,19(29)24-9-12-10-25-27-26-12)8-13-4-6-16(31-13)18(28)30-15-5-3-11(17(22)23)7-14(15)21/h3-7H,8-10H2,1-2H3,(H3,22,23)(H,24,29). The summed E-state index contributed by atoms with van der Waals surface area (Å²) in [6.45, 7) is 4.27. The topological polar surface area (TPSA) is 142 Å². The van der Waals surface area contributed by atoms with Crippen molar-refractivity contribution >= 4 is 34.8 Å². The fourth-order valence-electron chi connectivity index (χ4n) is 2.75. The van der Waals surface area contributed by atoms with Gasteiger partial charge in [-0.1, -0.05) is 13.8 Å². The highest BCUT2D eigenvalue weighted by Gasteiger charge is 2.29. The number of nitrogen functional groups attached to an aromatic ring is 1. The molecule has 1 amide bonds. The van der Waals surface area contributed by atoms with E-state index in [1.165, 1.54) is 23.5 Å². The average Bonchev–Trinajstić information content (AvgIpc) is 3.39. The summed E-state index contributed by atoms with van der Waals surface area (Å²) < 4.78 is 19.2. The van der Waals surface area contributed by atoms with Crippen molar-refractivity contribution in [3.8, 4) is 5.75 Å². The number of nitrogens with zero attached hydrogens (tertiary/aromatic N) is 3. The van der Waals surface area contributed by atoms with Gasteiger partial charge in [-0.15, -0.1) is 16.4 Å². The van der Waals surface area contributed by atoms with Crippen molar-refractivity contribution in [2.75, 3.05) is 13.1 Å². The van der Waals surface area contributed by atoms with Crippen LogP contribution in [0.5, 0.6) is 5.75 Å². The number of amidine groups is 1. The number of thiophene rings is 1. The van der Waals surface area contributed by atoms with Gasteiger partial charge in [-0.05, 0) is 42.0 Å². The largest absolute Gasteiger partial charge is 0.419 e. The van der Waals surface area contributed by atoms with E-state index in [-0.39, 0.29) is 34.5 Å². The number of nitrogens with one attached hydrogen (secondary N) is 2. The van der Waals surface area contributed by atoms with Crippen LogP contribution in [0.1, 0.15) is 34.0 Å². The van der Waals surface area contributed by atoms with Crippen LogP contribution < -0.4 is 15.8 Å². The molecule has 0 saturated heterocycles. The zero-order valence-electron chi connectivity index (χ0n) is 16.9. The van der Waals surface area contributed by atoms with Crippen LogP contribution in [0.4, 0.5) is 4.39 Å². The molecule has 1 aliphatic rings. The van der Waals surface area contributed by atoms with Crippen LogP contribution >= 0.6 is 11.3 Å². The molecule has 3 rings (SSSR count). The molecule has 2 aromatic rings. The monoisotopic (exact) mass is 444 g/mol. The summed E-state index contributed by atoms with van der Waals surface area (Å²) in [5, 5.41) is 21.2. The maximum atomic E-state index is 14.1. The average molecular weight is 444 g/mol. The second-order valence-corrected chi connectivity index (χ2v) is 8.68. The SMILES string of the molecule is CC(C)(Cc1ccc(C(=O)Oc2ccc(C(=N)N)cc2F)s1)C(=O)NCC1=NN=NC1. The summed E-state index contributed by atoms with van der Waals surface area (Å²) >= 11 is 1.18. The molecule has 0 saturated carbocycles. The molecule has 0 spiro atoms. The van der Waals surface area contributed by atoms with E-state index in [9.17, 15) is 14.0 Å². The molecule has 0 radical (unpaired) electrons. The lowest BCUT2D eigenvalue weighted by atomic mass is 9.87. The number of carbonyl (C=O) groups is 2. The lowest BCUT2D eigenvalue weighted by Crippen LogP contribution is -2.40. The number of nitrogens with two attached hydrogens (primary N) is 1. The van der Waals surface area contributed by atoms with Crippen LogP contribution in [-0.4, -0.2) is 36.5 Å². The highest BCUT2D eigenvalue weighted by Crippen LogP contribution is 2.28. The number of esters is 1. The summed E-state index contributed by atoms with van der Waals surface area (Å²) in [6.07, 6.45) is 0.402. The summed E-state index contributed by atoms with van der Waals surface area (Å²) in [5.74, 6) is -2.19. The molecule has 0 atom stereocenters. The van der Waals surface area contributed by atoms with Crippen molar-refractivity contribution in [3.05, 3.63) is 51.5 Å². The number of hydrogen-bond donors (Lipinski definition) is 3. The van der Waals surface area contributed by atoms with E-state index in [1.54, 1.807) is 26.0 Å². The van der Waals surface area contributed by atoms with Gasteiger partial charge in [0.2, 0.25) is 5.91 Å². The third-order valence-electron chi connectivity index (χ3n) is 4.49. The molecule has 11 heteroatoms. The van der Waals surface area contributed by atoms with Crippen LogP contribution in [-0.2, 0) is 11.2 Å². The number of rotatable bonds is 8. The molecule has 4 N–H and O–H groups in total. The summed E-state index contributed by atoms with van der Waals surface area (Å²) in [5.41, 5.74) is 5.47. The van der Waals surface area contributed by atoms with Crippen molar-refractivity contribution in [1.82, 2.24) is 5.32 Å². The molecule has 1 aromatic heterocycles. The predicted molar refractivity (Wildman–Crippen MR) is 114 cm³/mol. The van der Waals surface area contributed by atoms with Gasteiger partial charge in [0.05, 0.1) is 12.3 Å². The van der Waals surface area contributed by atoms with E-state index >= 15 is 0 Å². The van der Waals surface area contributed by atoms with Crippen molar-refractivity contribution in [2.24, 2.45) is 26.6 Å². The molecule has 31 heavy (non-hydrogen) atoms. The fraction of sp³-hybridized carbons (Fsp3) is 0.300. The van der Waals surface area contributed by atoms with Gasteiger partial charge in [0, 0.05) is 15.9 Å². The lowest BCUT2D eigenvalue weighted by Gasteiger charge is -2.22. The van der Waals surface area contributed by atoms with Gasteiger partial charge in [-0.2, -0.15) is 5.11 Å². The van der Waals surface area contributed by atoms with Gasteiger partial charge in [0.1, 0.15) is 17.3 Å². The van der Waals surface area contributed by atoms with E-state index in [4.69, 9.17) is 15.9 Å². The fourth-order valence-corrected chi connectivity index (χ4v) is 3.87. The number of carbonyl (C=O) groups excluding carboxylic acids is 2. The summed E-state index contributed by atoms with van der Waals surface area (Å²) in [4.78, 5) is 26.0. The molecule has 9 nitrogen and oxygen atoms in total. The Kier molecular flexibility index (Phi) is 6.54. The summed E-state index contributed by atoms with van der Waals surface area (Å²) in [7, 11) is 0. The van der Waals surface area contributed by atoms with Crippen LogP contribution in [0.3, 0.4) is 0 Å². The predicted octanol–water partition coefficient (Wildman–Crippen LogP) is 2.90. The van der Waals surface area contributed by atoms with Gasteiger partial charge in [-0.3, -0.25) is 10.2 Å². The quantitative estimate of drug-likeness (QED) is 0.249. The third kappa shape index (κ3) is 5.57. The zero-order valence-corrected chi connectivity index (χ0v) is 17.8. The summed E-state index contributed by atoms with van der Waals surface area (Å²) in [6, 6.07) is 7.00. The van der Waals surface area contributed by atoms with Crippen LogP contribution in [0.15, 0.2) is 45.8 Å². The lowest BCUT2D eigenvalue weighted by molar-refractivity contribution is -0.128. The van der Waals surface area contributed by atoms with E-state index in [1.807, 2.05) is 0 Å². The molecule has 2 heterocycles. The Labute approximate surface area is 181 Å². The van der Waals surface area contributed by atoms with Gasteiger partial charge >= 0.3 is 5.97 Å². The molecule has 0 fully saturated rings. The first-order valence-corrected chi connectivity index (χ1v) is 10.1. The Bertz CT molecular complexity index is 1090. The maximum absolute atomic E-state index is 14.1. The van der Waals surface area contributed by atoms with Crippen LogP contribution in [0, 0.1) is 16.6 Å². The van der Waals surface area contributed by atoms with E-state index in [0.717, 1.165) is 10.9 Å². The number of ether oxygens (including phenoxy) is 1. The normalized spacial score (nSPS) is 13.1. The number of benzene rings is 1. The van der Waals surface area contributed by atoms with E-state index < -0.39 is 17.2 Å². The molecular weight excluding hydrogens is 423 g/mol. The minimum absolute atomic E-state index is 0.160. The molecule has 0 bridgehead atoms. The minimum Gasteiger partial charge on any atom is -0.419 e. The Morgan fingerprint density at radius 3 is 2.74 bits per heavy atom. The van der Waals surface area contributed by atoms with E-state index in [2.05, 4.69) is 20.8 Å². The highest BCUT2D eigenvalue weighted by molar-refractivity contribution is 7.14. The second kappa shape index (κ2) is 9.13. The molecule has 1 aliphatic heterocycles. The number of hydrogen-bond acceptors (Lipinski definition) is 8. The second-order valence-electron chi connectivity index (χ2n) is 7.51. The molecular formula is C20H21FN6O3S. The minimum atomic E-state index is -0.789. The maximum Gasteiger partial charge on any atom is 0.353 e. The highest BCUT2D eigenvalue weighted by atomic mass is 32.1. The molecule has 0 unspecified atom stereocenters. The number of amides is 1. The zero-order chi connectivity index (χ0) is 22.6. The van der Waals surface area contributed by atoms with Crippen molar-refractivity contribution < 1.29 is 18.7 Å². The Morgan fingerprint density at radius 1 is 1.32 bits per heavy atom. The number of halogens is 1. The Morgan fingerprint density at radius 2 is 2.10 bits per heavy atom. The van der Waals surface area contributed by atoms with E-state index in [0.29, 0.717) is 18.7 Å². The third-order valence-corrected chi connectivity index (χ3v) is 5.56. The first kappa shape index (κ1) is 22.2.